The molecule has 6 heteroatoms. The molecule has 1 saturated heterocycles. The molecular formula is C15H19ClN4O. The van der Waals surface area contributed by atoms with Gasteiger partial charge in [-0.15, -0.1) is 11.6 Å². The number of aryl methyl sites for hydroxylation is 1. The van der Waals surface area contributed by atoms with Crippen LogP contribution in [0.1, 0.15) is 37.2 Å². The number of rotatable bonds is 3. The lowest BCUT2D eigenvalue weighted by molar-refractivity contribution is -0.133. The van der Waals surface area contributed by atoms with Gasteiger partial charge in [0.15, 0.2) is 5.65 Å². The van der Waals surface area contributed by atoms with E-state index in [1.807, 2.05) is 29.4 Å². The third-order valence-electron chi connectivity index (χ3n) is 4.02. The summed E-state index contributed by atoms with van der Waals surface area (Å²) in [6.07, 6.45) is 3.97. The second-order valence-corrected chi connectivity index (χ2v) is 5.86. The fourth-order valence-corrected chi connectivity index (χ4v) is 3.13. The highest BCUT2D eigenvalue weighted by Gasteiger charge is 2.27. The van der Waals surface area contributed by atoms with Gasteiger partial charge in [-0.2, -0.15) is 0 Å². The fraction of sp³-hybridized carbons (Fsp3) is 0.533. The molecule has 0 aromatic carbocycles. The van der Waals surface area contributed by atoms with Crippen molar-refractivity contribution in [1.82, 2.24) is 19.4 Å². The molecule has 0 bridgehead atoms. The lowest BCUT2D eigenvalue weighted by atomic mass is 10.2. The summed E-state index contributed by atoms with van der Waals surface area (Å²) in [5, 5.41) is 0. The minimum absolute atomic E-state index is 0.126. The Kier molecular flexibility index (Phi) is 3.85. The molecule has 3 heterocycles. The Balaban J connectivity index is 2.03. The molecule has 0 N–H and O–H groups in total. The Morgan fingerprint density at radius 3 is 2.81 bits per heavy atom. The smallest absolute Gasteiger partial charge is 0.245 e. The first-order valence-electron chi connectivity index (χ1n) is 7.30. The number of carbonyl (C=O) groups is 1. The lowest BCUT2D eigenvalue weighted by Gasteiger charge is -2.22. The number of hydrogen-bond donors (Lipinski definition) is 0. The number of fused-ring (bicyclic) bond motifs is 1. The first kappa shape index (κ1) is 14.3. The zero-order valence-electron chi connectivity index (χ0n) is 12.3. The molecule has 5 nitrogen and oxygen atoms in total. The highest BCUT2D eigenvalue weighted by atomic mass is 35.5. The van der Waals surface area contributed by atoms with Crippen LogP contribution in [-0.4, -0.2) is 38.4 Å². The minimum atomic E-state index is -0.322. The van der Waals surface area contributed by atoms with Crippen LogP contribution in [0.15, 0.2) is 12.3 Å². The Morgan fingerprint density at radius 1 is 1.43 bits per heavy atom. The van der Waals surface area contributed by atoms with Crippen LogP contribution in [0, 0.1) is 6.92 Å². The average Bonchev–Trinajstić information content (AvgIpc) is 3.12. The van der Waals surface area contributed by atoms with Gasteiger partial charge in [-0.1, -0.05) is 0 Å². The molecular weight excluding hydrogens is 288 g/mol. The van der Waals surface area contributed by atoms with Crippen LogP contribution in [0.4, 0.5) is 0 Å². The Bertz CT molecular complexity index is 676. The van der Waals surface area contributed by atoms with Gasteiger partial charge < -0.3 is 4.90 Å². The van der Waals surface area contributed by atoms with Crippen LogP contribution >= 0.6 is 11.6 Å². The molecule has 3 rings (SSSR count). The van der Waals surface area contributed by atoms with E-state index < -0.39 is 0 Å². The van der Waals surface area contributed by atoms with E-state index in [1.165, 1.54) is 0 Å². The van der Waals surface area contributed by atoms with Gasteiger partial charge in [0, 0.05) is 19.3 Å². The Morgan fingerprint density at radius 2 is 2.14 bits per heavy atom. The monoisotopic (exact) mass is 306 g/mol. The number of pyridine rings is 1. The van der Waals surface area contributed by atoms with Crippen LogP contribution in [0.2, 0.25) is 0 Å². The predicted molar refractivity (Wildman–Crippen MR) is 82.3 cm³/mol. The number of carbonyl (C=O) groups excluding carboxylic acids is 1. The molecule has 1 atom stereocenters. The third-order valence-corrected chi connectivity index (χ3v) is 4.26. The number of aromatic nitrogens is 3. The van der Waals surface area contributed by atoms with Crippen molar-refractivity contribution in [2.45, 2.75) is 38.6 Å². The molecule has 112 valence electrons. The predicted octanol–water partition coefficient (Wildman–Crippen LogP) is 2.66. The van der Waals surface area contributed by atoms with Crippen LogP contribution in [0.25, 0.3) is 11.2 Å². The summed E-state index contributed by atoms with van der Waals surface area (Å²) in [6.45, 7) is 5.57. The average molecular weight is 307 g/mol. The van der Waals surface area contributed by atoms with Crippen molar-refractivity contribution >= 4 is 28.7 Å². The highest BCUT2D eigenvalue weighted by molar-refractivity contribution is 6.16. The molecule has 1 unspecified atom stereocenters. The van der Waals surface area contributed by atoms with E-state index in [9.17, 15) is 4.79 Å². The van der Waals surface area contributed by atoms with Gasteiger partial charge in [0.1, 0.15) is 17.4 Å². The summed E-state index contributed by atoms with van der Waals surface area (Å²) in [5.74, 6) is 1.10. The summed E-state index contributed by atoms with van der Waals surface area (Å²) < 4.78 is 1.88. The molecule has 0 spiro atoms. The van der Waals surface area contributed by atoms with Gasteiger partial charge in [-0.3, -0.25) is 9.36 Å². The van der Waals surface area contributed by atoms with Crippen LogP contribution in [0.5, 0.6) is 0 Å². The summed E-state index contributed by atoms with van der Waals surface area (Å²) in [4.78, 5) is 23.5. The van der Waals surface area contributed by atoms with Crippen LogP contribution in [-0.2, 0) is 10.7 Å². The second kappa shape index (κ2) is 5.64. The van der Waals surface area contributed by atoms with E-state index in [0.29, 0.717) is 5.82 Å². The maximum atomic E-state index is 12.6. The largest absolute Gasteiger partial charge is 0.341 e. The number of hydrogen-bond acceptors (Lipinski definition) is 3. The summed E-state index contributed by atoms with van der Waals surface area (Å²) in [6, 6.07) is 1.65. The SMILES string of the molecule is Cc1cnc2c(c1)nc(CCl)n2C(C)C(=O)N1CCCC1. The van der Waals surface area contributed by atoms with Crippen molar-refractivity contribution in [1.29, 1.82) is 0 Å². The normalized spacial score (nSPS) is 16.6. The standard InChI is InChI=1S/C15H19ClN4O/c1-10-7-12-14(17-9-10)20(13(8-16)18-12)11(2)15(21)19-5-3-4-6-19/h7,9,11H,3-6,8H2,1-2H3. The van der Waals surface area contributed by atoms with E-state index in [0.717, 1.165) is 42.7 Å². The van der Waals surface area contributed by atoms with Gasteiger partial charge in [-0.25, -0.2) is 9.97 Å². The topological polar surface area (TPSA) is 51.0 Å². The van der Waals surface area contributed by atoms with E-state index >= 15 is 0 Å². The van der Waals surface area contributed by atoms with Gasteiger partial charge >= 0.3 is 0 Å². The van der Waals surface area contributed by atoms with Crippen molar-refractivity contribution in [2.24, 2.45) is 0 Å². The van der Waals surface area contributed by atoms with Gasteiger partial charge in [0.25, 0.3) is 0 Å². The number of halogens is 1. The molecule has 0 saturated carbocycles. The molecule has 0 aliphatic carbocycles. The van der Waals surface area contributed by atoms with Gasteiger partial charge in [0.05, 0.1) is 5.88 Å². The maximum Gasteiger partial charge on any atom is 0.245 e. The van der Waals surface area contributed by atoms with Crippen molar-refractivity contribution in [3.63, 3.8) is 0 Å². The molecule has 2 aromatic heterocycles. The number of amides is 1. The van der Waals surface area contributed by atoms with E-state index in [2.05, 4.69) is 9.97 Å². The number of alkyl halides is 1. The quantitative estimate of drug-likeness (QED) is 0.819. The van der Waals surface area contributed by atoms with Crippen molar-refractivity contribution in [3.8, 4) is 0 Å². The summed E-state index contributed by atoms with van der Waals surface area (Å²) >= 11 is 6.02. The van der Waals surface area contributed by atoms with Gasteiger partial charge in [0.2, 0.25) is 5.91 Å². The van der Waals surface area contributed by atoms with Crippen LogP contribution in [0.3, 0.4) is 0 Å². The molecule has 0 radical (unpaired) electrons. The number of likely N-dealkylation sites (tertiary alicyclic amines) is 1. The zero-order valence-corrected chi connectivity index (χ0v) is 13.1. The third kappa shape index (κ3) is 2.50. The van der Waals surface area contributed by atoms with Crippen molar-refractivity contribution < 1.29 is 4.79 Å². The van der Waals surface area contributed by atoms with E-state index in [4.69, 9.17) is 11.6 Å². The number of imidazole rings is 1. The van der Waals surface area contributed by atoms with Crippen molar-refractivity contribution in [2.75, 3.05) is 13.1 Å². The molecule has 21 heavy (non-hydrogen) atoms. The van der Waals surface area contributed by atoms with Gasteiger partial charge in [-0.05, 0) is 38.3 Å². The molecule has 1 amide bonds. The maximum absolute atomic E-state index is 12.6. The molecule has 1 fully saturated rings. The second-order valence-electron chi connectivity index (χ2n) is 5.60. The fourth-order valence-electron chi connectivity index (χ4n) is 2.94. The molecule has 1 aliphatic rings. The highest BCUT2D eigenvalue weighted by Crippen LogP contribution is 2.24. The zero-order chi connectivity index (χ0) is 15.0. The molecule has 2 aromatic rings. The van der Waals surface area contributed by atoms with E-state index in [1.54, 1.807) is 6.20 Å². The van der Waals surface area contributed by atoms with E-state index in [-0.39, 0.29) is 17.8 Å². The Hall–Kier alpha value is -1.62. The Labute approximate surface area is 128 Å². The summed E-state index contributed by atoms with van der Waals surface area (Å²) in [5.41, 5.74) is 2.58. The van der Waals surface area contributed by atoms with Crippen molar-refractivity contribution in [3.05, 3.63) is 23.7 Å². The number of nitrogens with zero attached hydrogens (tertiary/aromatic N) is 4. The molecule has 1 aliphatic heterocycles. The lowest BCUT2D eigenvalue weighted by Crippen LogP contribution is -2.34. The first-order chi connectivity index (χ1) is 10.1. The summed E-state index contributed by atoms with van der Waals surface area (Å²) in [7, 11) is 0. The van der Waals surface area contributed by atoms with Crippen LogP contribution < -0.4 is 0 Å². The first-order valence-corrected chi connectivity index (χ1v) is 7.83. The minimum Gasteiger partial charge on any atom is -0.341 e.